The summed E-state index contributed by atoms with van der Waals surface area (Å²) in [6, 6.07) is 9.22. The quantitative estimate of drug-likeness (QED) is 0.194. The largest absolute Gasteiger partial charge is 0.452 e. The SMILES string of the molecule is C1=CCN=C1.C1=CN=CC1.C1=CN=NC1.C1=NN=CC1.c1ccncc1.c1cncnc1.c1cnoc1.c1cocn1.c1ncon1. The van der Waals surface area contributed by atoms with Crippen molar-refractivity contribution in [2.24, 2.45) is 30.4 Å². The van der Waals surface area contributed by atoms with Gasteiger partial charge in [-0.3, -0.25) is 15.0 Å². The van der Waals surface area contributed by atoms with E-state index in [1.807, 2.05) is 48.7 Å². The number of oxazole rings is 1. The molecule has 0 atom stereocenters. The van der Waals surface area contributed by atoms with Crippen LogP contribution < -0.4 is 0 Å². The second-order valence-electron chi connectivity index (χ2n) is 7.42. The summed E-state index contributed by atoms with van der Waals surface area (Å²) in [6.07, 6.45) is 39.1. The van der Waals surface area contributed by atoms with Gasteiger partial charge in [0.1, 0.15) is 18.9 Å². The Balaban J connectivity index is 0.000000265. The van der Waals surface area contributed by atoms with E-state index in [1.54, 1.807) is 80.4 Å². The molecule has 0 fully saturated rings. The molecule has 0 bridgehead atoms. The lowest BCUT2D eigenvalue weighted by atomic mass is 10.5. The number of aliphatic imine (C=N–C) groups is 2. The molecule has 9 heterocycles. The van der Waals surface area contributed by atoms with Crippen molar-refractivity contribution < 1.29 is 13.5 Å². The minimum Gasteiger partial charge on any atom is -0.452 e. The maximum atomic E-state index is 4.47. The fourth-order valence-electron chi connectivity index (χ4n) is 2.13. The predicted octanol–water partition coefficient (Wildman–Crippen LogP) is 5.99. The maximum absolute atomic E-state index is 4.47. The summed E-state index contributed by atoms with van der Waals surface area (Å²) >= 11 is 0. The van der Waals surface area contributed by atoms with Gasteiger partial charge in [0.15, 0.2) is 12.7 Å². The summed E-state index contributed by atoms with van der Waals surface area (Å²) in [5.41, 5.74) is 0. The first kappa shape index (κ1) is 38.3. The molecule has 5 aromatic heterocycles. The lowest BCUT2D eigenvalue weighted by Gasteiger charge is -1.70. The average molecular weight is 638 g/mol. The Kier molecular flexibility index (Phi) is 28.9. The monoisotopic (exact) mass is 637 g/mol. The molecule has 0 amide bonds. The first-order chi connectivity index (χ1) is 23.5. The molecule has 16 nitrogen and oxygen atoms in total. The van der Waals surface area contributed by atoms with E-state index in [-0.39, 0.29) is 0 Å². The first-order valence-corrected chi connectivity index (χ1v) is 13.8. The van der Waals surface area contributed by atoms with E-state index in [9.17, 15) is 0 Å². The second kappa shape index (κ2) is 35.5. The van der Waals surface area contributed by atoms with Crippen LogP contribution in [0, 0.1) is 0 Å². The summed E-state index contributed by atoms with van der Waals surface area (Å²) in [7, 11) is 0. The Labute approximate surface area is 272 Å². The van der Waals surface area contributed by atoms with Crippen molar-refractivity contribution in [2.75, 3.05) is 13.1 Å². The number of azo groups is 1. The van der Waals surface area contributed by atoms with Crippen molar-refractivity contribution in [1.29, 1.82) is 0 Å². The Hall–Kier alpha value is -6.71. The lowest BCUT2D eigenvalue weighted by molar-refractivity contribution is 0.416. The zero-order valence-electron chi connectivity index (χ0n) is 25.5. The summed E-state index contributed by atoms with van der Waals surface area (Å²) < 4.78 is 13.0. The van der Waals surface area contributed by atoms with E-state index in [0.29, 0.717) is 0 Å². The normalized spacial score (nSPS) is 12.1. The van der Waals surface area contributed by atoms with Gasteiger partial charge in [-0.25, -0.2) is 19.9 Å². The van der Waals surface area contributed by atoms with E-state index in [1.165, 1.54) is 38.0 Å². The molecule has 5 aromatic rings. The third kappa shape index (κ3) is 33.7. The molecule has 4 aliphatic heterocycles. The summed E-state index contributed by atoms with van der Waals surface area (Å²) in [6.45, 7) is 1.67. The van der Waals surface area contributed by atoms with Crippen LogP contribution in [0.15, 0.2) is 186 Å². The molecule has 16 heteroatoms. The zero-order chi connectivity index (χ0) is 33.2. The second-order valence-corrected chi connectivity index (χ2v) is 7.42. The number of hydrogen-bond donors (Lipinski definition) is 0. The molecular weight excluding hydrogens is 602 g/mol. The molecule has 0 aliphatic carbocycles. The van der Waals surface area contributed by atoms with Gasteiger partial charge in [-0.15, -0.1) is 0 Å². The molecule has 4 aliphatic rings. The Bertz CT molecular complexity index is 1140. The van der Waals surface area contributed by atoms with Crippen molar-refractivity contribution >= 4 is 24.9 Å². The minimum absolute atomic E-state index is 0.778. The predicted molar refractivity (Wildman–Crippen MR) is 179 cm³/mol. The molecule has 9 rings (SSSR count). The molecule has 0 N–H and O–H groups in total. The zero-order valence-corrected chi connectivity index (χ0v) is 25.5. The van der Waals surface area contributed by atoms with Gasteiger partial charge in [0.25, 0.3) is 0 Å². The number of rotatable bonds is 0. The molecular formula is C31H35N13O3. The molecule has 0 saturated carbocycles. The minimum atomic E-state index is 0.778. The Morgan fingerprint density at radius 3 is 1.57 bits per heavy atom. The topological polar surface area (TPSA) is 204 Å². The van der Waals surface area contributed by atoms with Crippen LogP contribution in [0.25, 0.3) is 0 Å². The van der Waals surface area contributed by atoms with Gasteiger partial charge < -0.3 is 13.5 Å². The number of aromatic nitrogens is 7. The van der Waals surface area contributed by atoms with Crippen molar-refractivity contribution in [2.45, 2.75) is 12.8 Å². The van der Waals surface area contributed by atoms with Crippen LogP contribution in [-0.2, 0) is 0 Å². The number of hydrogen-bond acceptors (Lipinski definition) is 16. The van der Waals surface area contributed by atoms with Crippen LogP contribution in [0.4, 0.5) is 0 Å². The molecule has 0 radical (unpaired) electrons. The van der Waals surface area contributed by atoms with Gasteiger partial charge in [0, 0.05) is 74.9 Å². The maximum Gasteiger partial charge on any atom is 0.213 e. The summed E-state index contributed by atoms with van der Waals surface area (Å²) in [4.78, 5) is 25.8. The van der Waals surface area contributed by atoms with Crippen molar-refractivity contribution in [3.05, 3.63) is 142 Å². The summed E-state index contributed by atoms with van der Waals surface area (Å²) in [5, 5.41) is 20.8. The van der Waals surface area contributed by atoms with Crippen molar-refractivity contribution in [3.8, 4) is 0 Å². The molecule has 47 heavy (non-hydrogen) atoms. The number of pyridine rings is 1. The van der Waals surface area contributed by atoms with E-state index < -0.39 is 0 Å². The van der Waals surface area contributed by atoms with Gasteiger partial charge >= 0.3 is 0 Å². The van der Waals surface area contributed by atoms with E-state index in [2.05, 4.69) is 79.1 Å². The lowest BCUT2D eigenvalue weighted by Crippen LogP contribution is -1.66. The smallest absolute Gasteiger partial charge is 0.213 e. The highest BCUT2D eigenvalue weighted by Gasteiger charge is 1.76. The van der Waals surface area contributed by atoms with E-state index in [4.69, 9.17) is 0 Å². The molecule has 0 unspecified atom stereocenters. The molecule has 0 saturated heterocycles. The molecule has 0 spiro atoms. The van der Waals surface area contributed by atoms with Gasteiger partial charge in [0.05, 0.1) is 25.5 Å². The summed E-state index contributed by atoms with van der Waals surface area (Å²) in [5.74, 6) is 0. The van der Waals surface area contributed by atoms with Crippen LogP contribution in [0.3, 0.4) is 0 Å². The van der Waals surface area contributed by atoms with Crippen molar-refractivity contribution in [1.82, 2.24) is 35.2 Å². The fourth-order valence-corrected chi connectivity index (χ4v) is 2.13. The first-order valence-electron chi connectivity index (χ1n) is 13.8. The van der Waals surface area contributed by atoms with Gasteiger partial charge in [-0.1, -0.05) is 28.5 Å². The van der Waals surface area contributed by atoms with E-state index in [0.717, 1.165) is 25.9 Å². The molecule has 0 aromatic carbocycles. The van der Waals surface area contributed by atoms with Gasteiger partial charge in [-0.2, -0.15) is 20.4 Å². The van der Waals surface area contributed by atoms with Crippen LogP contribution >= 0.6 is 0 Å². The standard InChI is InChI=1S/C5H5N.C4H4N2.2C4H5N.2C3H4N2.2C3H3NO.C2H2N2O/c1-2-4-6-5-3-1;1-2-5-4-6-3-1;4*1-2-4-5-3-1;1-2-5-3-4-1;1-2-4-5-3-1;1-3-2-5-4-1/h1-5H;1-4H;1,3-4H,2H2;1-3H,4H2;2-3H,1H2;1-2H,3H2;2*1-3H;1-2H. The average Bonchev–Trinajstić information content (AvgIpc) is 4.02. The van der Waals surface area contributed by atoms with Crippen LogP contribution in [-0.4, -0.2) is 73.2 Å². The Morgan fingerprint density at radius 2 is 1.38 bits per heavy atom. The highest BCUT2D eigenvalue weighted by Crippen LogP contribution is 1.87. The number of allylic oxidation sites excluding steroid dienone is 2. The highest BCUT2D eigenvalue weighted by atomic mass is 16.5. The van der Waals surface area contributed by atoms with E-state index >= 15 is 0 Å². The van der Waals surface area contributed by atoms with Gasteiger partial charge in [0.2, 0.25) is 6.39 Å². The highest BCUT2D eigenvalue weighted by molar-refractivity contribution is 5.82. The third-order valence-corrected chi connectivity index (χ3v) is 3.98. The van der Waals surface area contributed by atoms with Crippen LogP contribution in [0.2, 0.25) is 0 Å². The Morgan fingerprint density at radius 1 is 0.532 bits per heavy atom. The fraction of sp³-hybridized carbons (Fsp3) is 0.129. The molecule has 242 valence electrons. The van der Waals surface area contributed by atoms with Crippen LogP contribution in [0.5, 0.6) is 0 Å². The third-order valence-electron chi connectivity index (χ3n) is 3.98. The van der Waals surface area contributed by atoms with Crippen molar-refractivity contribution in [3.63, 3.8) is 0 Å². The van der Waals surface area contributed by atoms with Gasteiger partial charge in [-0.05, 0) is 36.4 Å². The number of nitrogens with zero attached hydrogens (tertiary/aromatic N) is 13. The van der Waals surface area contributed by atoms with Crippen LogP contribution in [0.1, 0.15) is 12.8 Å².